The van der Waals surface area contributed by atoms with E-state index in [2.05, 4.69) is 13.8 Å². The van der Waals surface area contributed by atoms with E-state index in [9.17, 15) is 8.42 Å². The molecule has 0 aliphatic carbocycles. The zero-order valence-electron chi connectivity index (χ0n) is 11.9. The molecule has 1 aromatic carbocycles. The third-order valence-electron chi connectivity index (χ3n) is 2.72. The predicted molar refractivity (Wildman–Crippen MR) is 76.7 cm³/mol. The SMILES string of the molecule is CC(C)CCOc1cc(S(=O)(=O)N(C)C)ccc1N. The van der Waals surface area contributed by atoms with Crippen LogP contribution in [-0.4, -0.2) is 33.4 Å². The van der Waals surface area contributed by atoms with E-state index in [0.29, 0.717) is 24.0 Å². The highest BCUT2D eigenvalue weighted by Crippen LogP contribution is 2.26. The van der Waals surface area contributed by atoms with E-state index in [0.717, 1.165) is 10.7 Å². The first kappa shape index (κ1) is 15.8. The number of ether oxygens (including phenoxy) is 1. The monoisotopic (exact) mass is 286 g/mol. The van der Waals surface area contributed by atoms with E-state index in [1.807, 2.05) is 0 Å². The molecule has 0 spiro atoms. The predicted octanol–water partition coefficient (Wildman–Crippen LogP) is 1.94. The van der Waals surface area contributed by atoms with Gasteiger partial charge in [-0.15, -0.1) is 0 Å². The van der Waals surface area contributed by atoms with Crippen LogP contribution in [0.1, 0.15) is 20.3 Å². The number of hydrogen-bond donors (Lipinski definition) is 1. The summed E-state index contributed by atoms with van der Waals surface area (Å²) in [7, 11) is -0.478. The quantitative estimate of drug-likeness (QED) is 0.811. The third-order valence-corrected chi connectivity index (χ3v) is 4.53. The minimum absolute atomic E-state index is 0.186. The smallest absolute Gasteiger partial charge is 0.242 e. The van der Waals surface area contributed by atoms with Crippen LogP contribution in [0.2, 0.25) is 0 Å². The zero-order valence-corrected chi connectivity index (χ0v) is 12.7. The van der Waals surface area contributed by atoms with Gasteiger partial charge in [0.05, 0.1) is 17.2 Å². The Labute approximate surface area is 115 Å². The summed E-state index contributed by atoms with van der Waals surface area (Å²) in [6.45, 7) is 4.71. The van der Waals surface area contributed by atoms with E-state index in [-0.39, 0.29) is 4.90 Å². The molecular weight excluding hydrogens is 264 g/mol. The summed E-state index contributed by atoms with van der Waals surface area (Å²) in [4.78, 5) is 0.186. The van der Waals surface area contributed by atoms with E-state index in [4.69, 9.17) is 10.5 Å². The van der Waals surface area contributed by atoms with Gasteiger partial charge in [0.1, 0.15) is 5.75 Å². The number of nitrogen functional groups attached to an aromatic ring is 1. The second-order valence-electron chi connectivity index (χ2n) is 5.02. The molecule has 0 saturated carbocycles. The van der Waals surface area contributed by atoms with Crippen molar-refractivity contribution in [1.29, 1.82) is 0 Å². The highest BCUT2D eigenvalue weighted by Gasteiger charge is 2.18. The molecule has 0 aromatic heterocycles. The lowest BCUT2D eigenvalue weighted by atomic mass is 10.1. The number of benzene rings is 1. The van der Waals surface area contributed by atoms with Crippen LogP contribution in [0.5, 0.6) is 5.75 Å². The molecule has 6 heteroatoms. The lowest BCUT2D eigenvalue weighted by molar-refractivity contribution is 0.290. The summed E-state index contributed by atoms with van der Waals surface area (Å²) in [5.74, 6) is 0.943. The second-order valence-corrected chi connectivity index (χ2v) is 7.17. The van der Waals surface area contributed by atoms with Crippen LogP contribution in [0.4, 0.5) is 5.69 Å². The largest absolute Gasteiger partial charge is 0.491 e. The Bertz CT molecular complexity index is 525. The molecule has 19 heavy (non-hydrogen) atoms. The number of hydrogen-bond acceptors (Lipinski definition) is 4. The van der Waals surface area contributed by atoms with Gasteiger partial charge in [0.25, 0.3) is 0 Å². The van der Waals surface area contributed by atoms with Gasteiger partial charge in [0, 0.05) is 20.2 Å². The van der Waals surface area contributed by atoms with Crippen molar-refractivity contribution in [3.63, 3.8) is 0 Å². The van der Waals surface area contributed by atoms with E-state index in [1.54, 1.807) is 6.07 Å². The molecule has 0 heterocycles. The number of sulfonamides is 1. The summed E-state index contributed by atoms with van der Waals surface area (Å²) in [6.07, 6.45) is 0.893. The number of rotatable bonds is 6. The van der Waals surface area contributed by atoms with Crippen LogP contribution in [-0.2, 0) is 10.0 Å². The lowest BCUT2D eigenvalue weighted by Crippen LogP contribution is -2.22. The summed E-state index contributed by atoms with van der Waals surface area (Å²) in [5.41, 5.74) is 6.24. The molecule has 0 amide bonds. The lowest BCUT2D eigenvalue weighted by Gasteiger charge is -2.14. The molecule has 0 aliphatic rings. The highest BCUT2D eigenvalue weighted by atomic mass is 32.2. The topological polar surface area (TPSA) is 72.6 Å². The van der Waals surface area contributed by atoms with Gasteiger partial charge >= 0.3 is 0 Å². The van der Waals surface area contributed by atoms with Gasteiger partial charge in [-0.3, -0.25) is 0 Å². The van der Waals surface area contributed by atoms with Gasteiger partial charge in [-0.05, 0) is 24.5 Å². The first-order valence-electron chi connectivity index (χ1n) is 6.20. The molecule has 0 bridgehead atoms. The summed E-state index contributed by atoms with van der Waals surface area (Å²) in [5, 5.41) is 0. The second kappa shape index (κ2) is 6.25. The molecule has 0 aliphatic heterocycles. The van der Waals surface area contributed by atoms with Gasteiger partial charge in [-0.2, -0.15) is 0 Å². The Kier molecular flexibility index (Phi) is 5.20. The van der Waals surface area contributed by atoms with Gasteiger partial charge < -0.3 is 10.5 Å². The Morgan fingerprint density at radius 2 is 1.95 bits per heavy atom. The average Bonchev–Trinajstić information content (AvgIpc) is 2.30. The first-order chi connectivity index (χ1) is 8.75. The zero-order chi connectivity index (χ0) is 14.6. The molecule has 0 unspecified atom stereocenters. The Morgan fingerprint density at radius 3 is 2.47 bits per heavy atom. The van der Waals surface area contributed by atoms with Crippen LogP contribution in [0.15, 0.2) is 23.1 Å². The maximum Gasteiger partial charge on any atom is 0.242 e. The van der Waals surface area contributed by atoms with Crippen LogP contribution < -0.4 is 10.5 Å². The third kappa shape index (κ3) is 4.11. The van der Waals surface area contributed by atoms with Gasteiger partial charge in [-0.25, -0.2) is 12.7 Å². The Hall–Kier alpha value is -1.27. The maximum atomic E-state index is 12.0. The summed E-state index contributed by atoms with van der Waals surface area (Å²) in [6, 6.07) is 4.52. The summed E-state index contributed by atoms with van der Waals surface area (Å²) >= 11 is 0. The summed E-state index contributed by atoms with van der Waals surface area (Å²) < 4.78 is 30.7. The molecule has 5 nitrogen and oxygen atoms in total. The fourth-order valence-electron chi connectivity index (χ4n) is 1.42. The van der Waals surface area contributed by atoms with Crippen molar-refractivity contribution >= 4 is 15.7 Å². The van der Waals surface area contributed by atoms with Crippen molar-refractivity contribution in [2.45, 2.75) is 25.2 Å². The van der Waals surface area contributed by atoms with Crippen molar-refractivity contribution in [2.24, 2.45) is 5.92 Å². The molecule has 2 N–H and O–H groups in total. The van der Waals surface area contributed by atoms with Crippen LogP contribution in [0.3, 0.4) is 0 Å². The maximum absolute atomic E-state index is 12.0. The van der Waals surface area contributed by atoms with E-state index >= 15 is 0 Å². The van der Waals surface area contributed by atoms with Crippen LogP contribution in [0.25, 0.3) is 0 Å². The number of nitrogens with zero attached hydrogens (tertiary/aromatic N) is 1. The minimum Gasteiger partial charge on any atom is -0.491 e. The standard InChI is InChI=1S/C13H22N2O3S/c1-10(2)7-8-18-13-9-11(5-6-12(13)14)19(16,17)15(3)4/h5-6,9-10H,7-8,14H2,1-4H3. The highest BCUT2D eigenvalue weighted by molar-refractivity contribution is 7.89. The molecule has 1 aromatic rings. The van der Waals surface area contributed by atoms with Crippen molar-refractivity contribution in [3.8, 4) is 5.75 Å². The molecule has 0 fully saturated rings. The van der Waals surface area contributed by atoms with Crippen molar-refractivity contribution in [1.82, 2.24) is 4.31 Å². The van der Waals surface area contributed by atoms with Crippen LogP contribution in [0, 0.1) is 5.92 Å². The fourth-order valence-corrected chi connectivity index (χ4v) is 2.33. The molecule has 1 rings (SSSR count). The van der Waals surface area contributed by atoms with Gasteiger partial charge in [-0.1, -0.05) is 13.8 Å². The van der Waals surface area contributed by atoms with Crippen LogP contribution >= 0.6 is 0 Å². The number of anilines is 1. The minimum atomic E-state index is -3.46. The number of nitrogens with two attached hydrogens (primary N) is 1. The normalized spacial score (nSPS) is 12.1. The molecule has 108 valence electrons. The van der Waals surface area contributed by atoms with Gasteiger partial charge in [0.15, 0.2) is 0 Å². The Balaban J connectivity index is 2.95. The van der Waals surface area contributed by atoms with Crippen molar-refractivity contribution in [3.05, 3.63) is 18.2 Å². The average molecular weight is 286 g/mol. The van der Waals surface area contributed by atoms with E-state index in [1.165, 1.54) is 26.2 Å². The molecule has 0 atom stereocenters. The molecular formula is C13H22N2O3S. The van der Waals surface area contributed by atoms with Crippen molar-refractivity contribution < 1.29 is 13.2 Å². The van der Waals surface area contributed by atoms with E-state index < -0.39 is 10.0 Å². The first-order valence-corrected chi connectivity index (χ1v) is 7.64. The van der Waals surface area contributed by atoms with Gasteiger partial charge in [0.2, 0.25) is 10.0 Å². The fraction of sp³-hybridized carbons (Fsp3) is 0.538. The van der Waals surface area contributed by atoms with Crippen molar-refractivity contribution in [2.75, 3.05) is 26.4 Å². The Morgan fingerprint density at radius 1 is 1.32 bits per heavy atom. The molecule has 0 radical (unpaired) electrons. The molecule has 0 saturated heterocycles.